The van der Waals surface area contributed by atoms with Crippen molar-refractivity contribution in [2.75, 3.05) is 13.1 Å². The van der Waals surface area contributed by atoms with Crippen LogP contribution in [0.25, 0.3) is 11.1 Å². The van der Waals surface area contributed by atoms with Gasteiger partial charge in [0.25, 0.3) is 0 Å². The highest BCUT2D eigenvalue weighted by Crippen LogP contribution is 2.48. The SMILES string of the molecule is CC(C)(C)OC(=O)NCC1CC1c1ccc(-c2ccncc2)cc1.CC(C)(C)OC(=O)NCC1CC1c1ccc(Br)cc1. The zero-order valence-corrected chi connectivity index (χ0v) is 27.6. The second-order valence-electron chi connectivity index (χ2n) is 13.4. The maximum absolute atomic E-state index is 11.7. The average Bonchev–Trinajstić information content (AvgIpc) is 3.86. The molecule has 2 amide bonds. The molecule has 230 valence electrons. The van der Waals surface area contributed by atoms with Crippen LogP contribution in [0.5, 0.6) is 0 Å². The molecule has 2 fully saturated rings. The molecule has 0 bridgehead atoms. The van der Waals surface area contributed by atoms with Crippen molar-refractivity contribution in [1.29, 1.82) is 0 Å². The number of rotatable bonds is 7. The summed E-state index contributed by atoms with van der Waals surface area (Å²) >= 11 is 3.43. The molecule has 2 saturated carbocycles. The first-order valence-corrected chi connectivity index (χ1v) is 15.8. The number of alkyl carbamates (subject to hydrolysis) is 2. The lowest BCUT2D eigenvalue weighted by Crippen LogP contribution is -2.33. The second-order valence-corrected chi connectivity index (χ2v) is 14.3. The van der Waals surface area contributed by atoms with Gasteiger partial charge in [0.1, 0.15) is 11.2 Å². The number of nitrogens with zero attached hydrogens (tertiary/aromatic N) is 1. The molecular formula is C35H44BrN3O4. The molecule has 4 atom stereocenters. The standard InChI is InChI=1S/C20H24N2O2.C15H20BrNO2/c1-20(2,3)24-19(23)22-13-17-12-18(17)16-6-4-14(5-7-16)15-8-10-21-11-9-15;1-15(2,3)19-14(18)17-9-11-8-13(11)10-4-6-12(16)7-5-10/h4-11,17-18H,12-13H2,1-3H3,(H,22,23);4-7,11,13H,8-9H2,1-3H3,(H,17,18). The topological polar surface area (TPSA) is 89.6 Å². The van der Waals surface area contributed by atoms with Gasteiger partial charge in [0.05, 0.1) is 0 Å². The molecule has 3 aromatic rings. The van der Waals surface area contributed by atoms with Gasteiger partial charge in [-0.1, -0.05) is 52.3 Å². The first-order chi connectivity index (χ1) is 20.3. The van der Waals surface area contributed by atoms with Gasteiger partial charge >= 0.3 is 12.2 Å². The fraction of sp³-hybridized carbons (Fsp3) is 0.457. The molecule has 1 aromatic heterocycles. The summed E-state index contributed by atoms with van der Waals surface area (Å²) in [7, 11) is 0. The van der Waals surface area contributed by atoms with Crippen LogP contribution in [0.3, 0.4) is 0 Å². The molecule has 1 heterocycles. The number of carbonyl (C=O) groups is 2. The van der Waals surface area contributed by atoms with Gasteiger partial charge in [0, 0.05) is 30.0 Å². The van der Waals surface area contributed by atoms with Crippen molar-refractivity contribution < 1.29 is 19.1 Å². The van der Waals surface area contributed by atoms with E-state index in [1.807, 2.05) is 66.1 Å². The van der Waals surface area contributed by atoms with Crippen molar-refractivity contribution in [1.82, 2.24) is 15.6 Å². The Hall–Kier alpha value is -3.39. The number of carbonyl (C=O) groups excluding carboxylic acids is 2. The Morgan fingerprint density at radius 2 is 1.09 bits per heavy atom. The lowest BCUT2D eigenvalue weighted by molar-refractivity contribution is 0.0513. The monoisotopic (exact) mass is 649 g/mol. The van der Waals surface area contributed by atoms with Gasteiger partial charge in [-0.2, -0.15) is 0 Å². The van der Waals surface area contributed by atoms with Crippen LogP contribution in [0.4, 0.5) is 9.59 Å². The van der Waals surface area contributed by atoms with Gasteiger partial charge in [0.2, 0.25) is 0 Å². The van der Waals surface area contributed by atoms with Crippen LogP contribution in [0.15, 0.2) is 77.5 Å². The van der Waals surface area contributed by atoms with E-state index in [4.69, 9.17) is 9.47 Å². The average molecular weight is 651 g/mol. The van der Waals surface area contributed by atoms with Gasteiger partial charge in [-0.25, -0.2) is 9.59 Å². The minimum Gasteiger partial charge on any atom is -0.444 e. The molecule has 7 nitrogen and oxygen atoms in total. The number of pyridine rings is 1. The molecule has 8 heteroatoms. The third kappa shape index (κ3) is 11.0. The molecule has 2 aliphatic carbocycles. The molecular weight excluding hydrogens is 606 g/mol. The largest absolute Gasteiger partial charge is 0.444 e. The smallest absolute Gasteiger partial charge is 0.407 e. The van der Waals surface area contributed by atoms with E-state index in [9.17, 15) is 9.59 Å². The van der Waals surface area contributed by atoms with Crippen molar-refractivity contribution in [3.63, 3.8) is 0 Å². The van der Waals surface area contributed by atoms with Crippen LogP contribution in [0.2, 0.25) is 0 Å². The maximum atomic E-state index is 11.7. The van der Waals surface area contributed by atoms with Gasteiger partial charge in [-0.3, -0.25) is 4.98 Å². The summed E-state index contributed by atoms with van der Waals surface area (Å²) in [5, 5.41) is 5.71. The van der Waals surface area contributed by atoms with E-state index in [1.54, 1.807) is 0 Å². The van der Waals surface area contributed by atoms with E-state index < -0.39 is 11.2 Å². The highest BCUT2D eigenvalue weighted by atomic mass is 79.9. The van der Waals surface area contributed by atoms with Crippen LogP contribution < -0.4 is 10.6 Å². The van der Waals surface area contributed by atoms with E-state index in [2.05, 4.69) is 80.1 Å². The summed E-state index contributed by atoms with van der Waals surface area (Å²) in [5.74, 6) is 2.15. The zero-order valence-electron chi connectivity index (χ0n) is 26.0. The summed E-state index contributed by atoms with van der Waals surface area (Å²) in [4.78, 5) is 27.3. The van der Waals surface area contributed by atoms with Crippen LogP contribution in [0.1, 0.15) is 77.3 Å². The fourth-order valence-corrected chi connectivity index (χ4v) is 5.26. The number of hydrogen-bond acceptors (Lipinski definition) is 5. The van der Waals surface area contributed by atoms with E-state index in [0.29, 0.717) is 36.8 Å². The summed E-state index contributed by atoms with van der Waals surface area (Å²) in [6, 6.07) is 21.1. The third-order valence-corrected chi connectivity index (χ3v) is 7.84. The number of halogens is 1. The van der Waals surface area contributed by atoms with Crippen molar-refractivity contribution >= 4 is 28.1 Å². The molecule has 0 aliphatic heterocycles. The van der Waals surface area contributed by atoms with Crippen LogP contribution in [-0.4, -0.2) is 41.5 Å². The molecule has 43 heavy (non-hydrogen) atoms. The second kappa shape index (κ2) is 13.9. The number of ether oxygens (including phenoxy) is 2. The van der Waals surface area contributed by atoms with E-state index in [1.165, 1.54) is 22.3 Å². The Labute approximate surface area is 264 Å². The predicted molar refractivity (Wildman–Crippen MR) is 174 cm³/mol. The number of nitrogens with one attached hydrogen (secondary N) is 2. The lowest BCUT2D eigenvalue weighted by atomic mass is 10.0. The molecule has 0 spiro atoms. The molecule has 2 aliphatic rings. The van der Waals surface area contributed by atoms with Crippen molar-refractivity contribution in [3.8, 4) is 11.1 Å². The number of amides is 2. The van der Waals surface area contributed by atoms with Crippen LogP contribution in [0, 0.1) is 11.8 Å². The minimum absolute atomic E-state index is 0.325. The Morgan fingerprint density at radius 3 is 1.51 bits per heavy atom. The van der Waals surface area contributed by atoms with Crippen LogP contribution >= 0.6 is 15.9 Å². The Bertz CT molecular complexity index is 1350. The van der Waals surface area contributed by atoms with Gasteiger partial charge in [0.15, 0.2) is 0 Å². The highest BCUT2D eigenvalue weighted by molar-refractivity contribution is 9.10. The lowest BCUT2D eigenvalue weighted by Gasteiger charge is -2.19. The summed E-state index contributed by atoms with van der Waals surface area (Å²) in [6.07, 6.45) is 5.21. The maximum Gasteiger partial charge on any atom is 0.407 e. The van der Waals surface area contributed by atoms with Crippen molar-refractivity contribution in [2.24, 2.45) is 11.8 Å². The minimum atomic E-state index is -0.449. The van der Waals surface area contributed by atoms with Gasteiger partial charge < -0.3 is 20.1 Å². The first kappa shape index (κ1) is 32.5. The molecule has 2 aromatic carbocycles. The molecule has 0 saturated heterocycles. The van der Waals surface area contributed by atoms with Crippen molar-refractivity contribution in [2.45, 2.75) is 77.4 Å². The van der Waals surface area contributed by atoms with E-state index in [-0.39, 0.29) is 12.2 Å². The number of benzene rings is 2. The quantitative estimate of drug-likeness (QED) is 0.268. The predicted octanol–water partition coefficient (Wildman–Crippen LogP) is 8.45. The Morgan fingerprint density at radius 1 is 0.698 bits per heavy atom. The third-order valence-electron chi connectivity index (χ3n) is 7.31. The normalized spacial score (nSPS) is 20.6. The van der Waals surface area contributed by atoms with Crippen LogP contribution in [-0.2, 0) is 9.47 Å². The van der Waals surface area contributed by atoms with Gasteiger partial charge in [-0.15, -0.1) is 0 Å². The Kier molecular flexibility index (Phi) is 10.5. The number of hydrogen-bond donors (Lipinski definition) is 2. The molecule has 4 unspecified atom stereocenters. The van der Waals surface area contributed by atoms with Gasteiger partial charge in [-0.05, 0) is 125 Å². The molecule has 0 radical (unpaired) electrons. The van der Waals surface area contributed by atoms with E-state index >= 15 is 0 Å². The molecule has 5 rings (SSSR count). The molecule has 2 N–H and O–H groups in total. The summed E-state index contributed by atoms with van der Waals surface area (Å²) in [6.45, 7) is 12.6. The summed E-state index contributed by atoms with van der Waals surface area (Å²) in [5.41, 5.74) is 4.18. The fourth-order valence-electron chi connectivity index (χ4n) is 5.00. The first-order valence-electron chi connectivity index (χ1n) is 15.0. The Balaban J connectivity index is 0.000000203. The summed E-state index contributed by atoms with van der Waals surface area (Å²) < 4.78 is 11.6. The highest BCUT2D eigenvalue weighted by Gasteiger charge is 2.39. The van der Waals surface area contributed by atoms with Crippen molar-refractivity contribution in [3.05, 3.63) is 88.7 Å². The zero-order chi connectivity index (χ0) is 31.2. The number of aromatic nitrogens is 1. The van der Waals surface area contributed by atoms with E-state index in [0.717, 1.165) is 17.3 Å².